The zero-order valence-electron chi connectivity index (χ0n) is 12.3. The summed E-state index contributed by atoms with van der Waals surface area (Å²) in [6.45, 7) is 11.3. The minimum atomic E-state index is 0.613. The van der Waals surface area contributed by atoms with Gasteiger partial charge in [-0.25, -0.2) is 0 Å². The SMILES string of the molecule is CCCN(C(C)C)C(CN)C1CCC(C)CC1. The maximum atomic E-state index is 6.07. The lowest BCUT2D eigenvalue weighted by molar-refractivity contribution is 0.0849. The Morgan fingerprint density at radius 3 is 2.18 bits per heavy atom. The van der Waals surface area contributed by atoms with E-state index in [0.29, 0.717) is 12.1 Å². The third-order valence-corrected chi connectivity index (χ3v) is 4.42. The average molecular weight is 240 g/mol. The first kappa shape index (κ1) is 15.0. The van der Waals surface area contributed by atoms with Crippen LogP contribution in [0.25, 0.3) is 0 Å². The number of nitrogens with two attached hydrogens (primary N) is 1. The molecule has 0 aliphatic heterocycles. The third kappa shape index (κ3) is 4.26. The summed E-state index contributed by atoms with van der Waals surface area (Å²) in [4.78, 5) is 2.64. The van der Waals surface area contributed by atoms with Gasteiger partial charge < -0.3 is 5.73 Å². The van der Waals surface area contributed by atoms with Crippen LogP contribution >= 0.6 is 0 Å². The maximum Gasteiger partial charge on any atom is 0.0249 e. The van der Waals surface area contributed by atoms with Gasteiger partial charge in [0, 0.05) is 18.6 Å². The van der Waals surface area contributed by atoms with E-state index in [4.69, 9.17) is 5.73 Å². The van der Waals surface area contributed by atoms with Crippen LogP contribution in [0, 0.1) is 11.8 Å². The van der Waals surface area contributed by atoms with Crippen molar-refractivity contribution in [1.29, 1.82) is 0 Å². The molecule has 1 aliphatic carbocycles. The summed E-state index contributed by atoms with van der Waals surface area (Å²) in [5, 5.41) is 0. The normalized spacial score (nSPS) is 27.7. The number of rotatable bonds is 6. The van der Waals surface area contributed by atoms with Gasteiger partial charge in [-0.1, -0.05) is 26.7 Å². The summed E-state index contributed by atoms with van der Waals surface area (Å²) in [6, 6.07) is 1.24. The van der Waals surface area contributed by atoms with E-state index in [1.807, 2.05) is 0 Å². The van der Waals surface area contributed by atoms with Crippen LogP contribution in [0.1, 0.15) is 59.8 Å². The van der Waals surface area contributed by atoms with Crippen LogP contribution < -0.4 is 5.73 Å². The van der Waals surface area contributed by atoms with Crippen molar-refractivity contribution >= 4 is 0 Å². The van der Waals surface area contributed by atoms with Crippen molar-refractivity contribution in [3.05, 3.63) is 0 Å². The first-order valence-corrected chi connectivity index (χ1v) is 7.55. The Balaban J connectivity index is 2.61. The maximum absolute atomic E-state index is 6.07. The number of hydrogen-bond donors (Lipinski definition) is 1. The van der Waals surface area contributed by atoms with E-state index in [1.165, 1.54) is 38.6 Å². The van der Waals surface area contributed by atoms with Gasteiger partial charge in [0.25, 0.3) is 0 Å². The molecule has 0 saturated heterocycles. The van der Waals surface area contributed by atoms with Crippen molar-refractivity contribution in [2.75, 3.05) is 13.1 Å². The summed E-state index contributed by atoms with van der Waals surface area (Å²) in [5.74, 6) is 1.77. The summed E-state index contributed by atoms with van der Waals surface area (Å²) < 4.78 is 0. The molecule has 0 radical (unpaired) electrons. The monoisotopic (exact) mass is 240 g/mol. The molecule has 0 aromatic carbocycles. The van der Waals surface area contributed by atoms with E-state index >= 15 is 0 Å². The Morgan fingerprint density at radius 2 is 1.76 bits per heavy atom. The van der Waals surface area contributed by atoms with E-state index < -0.39 is 0 Å². The topological polar surface area (TPSA) is 29.3 Å². The van der Waals surface area contributed by atoms with Gasteiger partial charge in [-0.15, -0.1) is 0 Å². The van der Waals surface area contributed by atoms with Gasteiger partial charge in [0.2, 0.25) is 0 Å². The highest BCUT2D eigenvalue weighted by atomic mass is 15.2. The molecule has 1 fully saturated rings. The Morgan fingerprint density at radius 1 is 1.18 bits per heavy atom. The molecule has 0 bridgehead atoms. The molecule has 102 valence electrons. The lowest BCUT2D eigenvalue weighted by Crippen LogP contribution is -2.50. The minimum Gasteiger partial charge on any atom is -0.329 e. The van der Waals surface area contributed by atoms with Crippen LogP contribution in [-0.4, -0.2) is 30.1 Å². The molecule has 2 heteroatoms. The van der Waals surface area contributed by atoms with E-state index in [9.17, 15) is 0 Å². The Bertz CT molecular complexity index is 195. The quantitative estimate of drug-likeness (QED) is 0.772. The van der Waals surface area contributed by atoms with Crippen LogP contribution in [0.5, 0.6) is 0 Å². The van der Waals surface area contributed by atoms with E-state index in [2.05, 4.69) is 32.6 Å². The molecule has 1 aliphatic rings. The van der Waals surface area contributed by atoms with Crippen molar-refractivity contribution in [3.63, 3.8) is 0 Å². The summed E-state index contributed by atoms with van der Waals surface area (Å²) in [7, 11) is 0. The van der Waals surface area contributed by atoms with Gasteiger partial charge >= 0.3 is 0 Å². The molecule has 0 heterocycles. The zero-order chi connectivity index (χ0) is 12.8. The summed E-state index contributed by atoms with van der Waals surface area (Å²) >= 11 is 0. The Hall–Kier alpha value is -0.0800. The molecular formula is C15H32N2. The molecule has 0 spiro atoms. The van der Waals surface area contributed by atoms with Gasteiger partial charge in [-0.2, -0.15) is 0 Å². The van der Waals surface area contributed by atoms with Crippen LogP contribution in [-0.2, 0) is 0 Å². The molecular weight excluding hydrogens is 208 g/mol. The minimum absolute atomic E-state index is 0.613. The van der Waals surface area contributed by atoms with Gasteiger partial charge in [0.1, 0.15) is 0 Å². The molecule has 1 saturated carbocycles. The summed E-state index contributed by atoms with van der Waals surface area (Å²) in [6.07, 6.45) is 6.81. The number of nitrogens with zero attached hydrogens (tertiary/aromatic N) is 1. The van der Waals surface area contributed by atoms with Gasteiger partial charge in [0.15, 0.2) is 0 Å². The predicted molar refractivity (Wildman–Crippen MR) is 76.1 cm³/mol. The lowest BCUT2D eigenvalue weighted by Gasteiger charge is -2.41. The third-order valence-electron chi connectivity index (χ3n) is 4.42. The van der Waals surface area contributed by atoms with Gasteiger partial charge in [-0.05, 0) is 51.5 Å². The Kier molecular flexibility index (Phi) is 6.50. The second kappa shape index (κ2) is 7.38. The largest absolute Gasteiger partial charge is 0.329 e. The second-order valence-corrected chi connectivity index (χ2v) is 6.15. The Labute approximate surface area is 108 Å². The van der Waals surface area contributed by atoms with Crippen LogP contribution in [0.15, 0.2) is 0 Å². The highest BCUT2D eigenvalue weighted by Crippen LogP contribution is 2.32. The highest BCUT2D eigenvalue weighted by molar-refractivity contribution is 4.85. The molecule has 17 heavy (non-hydrogen) atoms. The first-order chi connectivity index (χ1) is 8.10. The van der Waals surface area contributed by atoms with Crippen molar-refractivity contribution in [1.82, 2.24) is 4.90 Å². The molecule has 2 nitrogen and oxygen atoms in total. The van der Waals surface area contributed by atoms with Crippen LogP contribution in [0.2, 0.25) is 0 Å². The lowest BCUT2D eigenvalue weighted by atomic mass is 9.78. The zero-order valence-corrected chi connectivity index (χ0v) is 12.3. The van der Waals surface area contributed by atoms with Crippen molar-refractivity contribution in [2.45, 2.75) is 71.9 Å². The average Bonchev–Trinajstić information content (AvgIpc) is 2.31. The molecule has 0 amide bonds. The fraction of sp³-hybridized carbons (Fsp3) is 1.00. The van der Waals surface area contributed by atoms with Crippen LogP contribution in [0.4, 0.5) is 0 Å². The first-order valence-electron chi connectivity index (χ1n) is 7.55. The number of hydrogen-bond acceptors (Lipinski definition) is 2. The van der Waals surface area contributed by atoms with E-state index in [0.717, 1.165) is 18.4 Å². The standard InChI is InChI=1S/C15H32N2/c1-5-10-17(12(2)3)15(11-16)14-8-6-13(4)7-9-14/h12-15H,5-11,16H2,1-4H3. The van der Waals surface area contributed by atoms with Gasteiger partial charge in [0.05, 0.1) is 0 Å². The molecule has 1 rings (SSSR count). The second-order valence-electron chi connectivity index (χ2n) is 6.15. The van der Waals surface area contributed by atoms with E-state index in [-0.39, 0.29) is 0 Å². The summed E-state index contributed by atoms with van der Waals surface area (Å²) in [5.41, 5.74) is 6.07. The van der Waals surface area contributed by atoms with Crippen LogP contribution in [0.3, 0.4) is 0 Å². The highest BCUT2D eigenvalue weighted by Gasteiger charge is 2.30. The van der Waals surface area contributed by atoms with Crippen molar-refractivity contribution in [3.8, 4) is 0 Å². The molecule has 1 unspecified atom stereocenters. The predicted octanol–water partition coefficient (Wildman–Crippen LogP) is 3.26. The molecule has 0 aromatic rings. The van der Waals surface area contributed by atoms with Crippen molar-refractivity contribution in [2.24, 2.45) is 17.6 Å². The molecule has 1 atom stereocenters. The van der Waals surface area contributed by atoms with Crippen molar-refractivity contribution < 1.29 is 0 Å². The fourth-order valence-electron chi connectivity index (χ4n) is 3.33. The molecule has 2 N–H and O–H groups in total. The molecule has 0 aromatic heterocycles. The van der Waals surface area contributed by atoms with E-state index in [1.54, 1.807) is 0 Å². The fourth-order valence-corrected chi connectivity index (χ4v) is 3.33. The van der Waals surface area contributed by atoms with Gasteiger partial charge in [-0.3, -0.25) is 4.90 Å². The smallest absolute Gasteiger partial charge is 0.0249 e.